The topological polar surface area (TPSA) is 87.8 Å². The van der Waals surface area contributed by atoms with Crippen LogP contribution >= 0.6 is 0 Å². The highest BCUT2D eigenvalue weighted by Crippen LogP contribution is 2.29. The van der Waals surface area contributed by atoms with E-state index >= 15 is 0 Å². The molecular weight excluding hydrogens is 270 g/mol. The Morgan fingerprint density at radius 1 is 1.47 bits per heavy atom. The number of sulfonamides is 1. The Labute approximate surface area is 112 Å². The largest absolute Gasteiger partial charge is 0.481 e. The minimum Gasteiger partial charge on any atom is -0.481 e. The lowest BCUT2D eigenvalue weighted by Gasteiger charge is -2.35. The summed E-state index contributed by atoms with van der Waals surface area (Å²) in [6, 6.07) is 2.42. The maximum Gasteiger partial charge on any atom is 0.308 e. The zero-order valence-electron chi connectivity index (χ0n) is 10.9. The zero-order chi connectivity index (χ0) is 14.2. The van der Waals surface area contributed by atoms with Crippen LogP contribution in [0.3, 0.4) is 0 Å². The molecule has 2 rings (SSSR count). The van der Waals surface area contributed by atoms with Gasteiger partial charge in [0.2, 0.25) is 5.09 Å². The van der Waals surface area contributed by atoms with E-state index in [1.54, 1.807) is 19.9 Å². The van der Waals surface area contributed by atoms with Gasteiger partial charge in [0, 0.05) is 12.6 Å². The van der Waals surface area contributed by atoms with E-state index in [4.69, 9.17) is 9.52 Å². The third-order valence-electron chi connectivity index (χ3n) is 3.53. The van der Waals surface area contributed by atoms with Gasteiger partial charge in [-0.15, -0.1) is 0 Å². The molecule has 1 aliphatic heterocycles. The Hall–Kier alpha value is -1.34. The molecule has 0 amide bonds. The Morgan fingerprint density at radius 2 is 2.16 bits per heavy atom. The van der Waals surface area contributed by atoms with Crippen LogP contribution in [0, 0.1) is 12.8 Å². The quantitative estimate of drug-likeness (QED) is 0.909. The van der Waals surface area contributed by atoms with Gasteiger partial charge in [0.1, 0.15) is 5.76 Å². The third-order valence-corrected chi connectivity index (χ3v) is 5.39. The fourth-order valence-electron chi connectivity index (χ4n) is 2.45. The number of rotatable bonds is 3. The number of carbonyl (C=O) groups is 1. The number of furan rings is 1. The van der Waals surface area contributed by atoms with Gasteiger partial charge in [0.15, 0.2) is 0 Å². The van der Waals surface area contributed by atoms with E-state index in [2.05, 4.69) is 0 Å². The summed E-state index contributed by atoms with van der Waals surface area (Å²) in [4.78, 5) is 11.1. The molecule has 0 aromatic carbocycles. The number of nitrogens with zero attached hydrogens (tertiary/aromatic N) is 1. The lowest BCUT2D eigenvalue weighted by molar-refractivity contribution is -0.144. The standard InChI is InChI=1S/C12H17NO5S/c1-8-5-6-11(18-8)19(16,17)13-7-3-4-10(9(13)2)12(14)15/h5-6,9-10H,3-4,7H2,1-2H3,(H,14,15)/t9-,10-/m1/s1. The van der Waals surface area contributed by atoms with Crippen molar-refractivity contribution in [3.05, 3.63) is 17.9 Å². The van der Waals surface area contributed by atoms with Crippen LogP contribution in [0.5, 0.6) is 0 Å². The van der Waals surface area contributed by atoms with Gasteiger partial charge in [0.05, 0.1) is 5.92 Å². The maximum absolute atomic E-state index is 12.4. The minimum absolute atomic E-state index is 0.122. The summed E-state index contributed by atoms with van der Waals surface area (Å²) in [5, 5.41) is 9.00. The van der Waals surface area contributed by atoms with E-state index in [1.165, 1.54) is 10.4 Å². The molecule has 7 heteroatoms. The molecule has 1 aromatic rings. The second-order valence-electron chi connectivity index (χ2n) is 4.81. The smallest absolute Gasteiger partial charge is 0.308 e. The van der Waals surface area contributed by atoms with E-state index in [0.29, 0.717) is 25.1 Å². The first-order chi connectivity index (χ1) is 8.84. The van der Waals surface area contributed by atoms with E-state index in [0.717, 1.165) is 0 Å². The highest BCUT2D eigenvalue weighted by molar-refractivity contribution is 7.89. The number of aryl methyl sites for hydroxylation is 1. The van der Waals surface area contributed by atoms with Crippen molar-refractivity contribution in [2.24, 2.45) is 5.92 Å². The van der Waals surface area contributed by atoms with Gasteiger partial charge in [-0.2, -0.15) is 4.31 Å². The predicted molar refractivity (Wildman–Crippen MR) is 67.2 cm³/mol. The average molecular weight is 287 g/mol. The molecule has 0 spiro atoms. The summed E-state index contributed by atoms with van der Waals surface area (Å²) in [6.45, 7) is 3.62. The van der Waals surface area contributed by atoms with E-state index in [9.17, 15) is 13.2 Å². The molecule has 19 heavy (non-hydrogen) atoms. The molecule has 1 aliphatic rings. The third kappa shape index (κ3) is 2.52. The fourth-order valence-corrected chi connectivity index (χ4v) is 4.11. The summed E-state index contributed by atoms with van der Waals surface area (Å²) in [5.41, 5.74) is 0. The molecule has 1 fully saturated rings. The van der Waals surface area contributed by atoms with Crippen molar-refractivity contribution in [1.82, 2.24) is 4.31 Å². The normalized spacial score (nSPS) is 25.4. The van der Waals surface area contributed by atoms with Crippen LogP contribution in [0.15, 0.2) is 21.6 Å². The van der Waals surface area contributed by atoms with Crippen LogP contribution in [-0.4, -0.2) is 36.4 Å². The van der Waals surface area contributed by atoms with Gasteiger partial charge in [-0.3, -0.25) is 4.79 Å². The van der Waals surface area contributed by atoms with Gasteiger partial charge < -0.3 is 9.52 Å². The van der Waals surface area contributed by atoms with Crippen molar-refractivity contribution in [2.45, 2.75) is 37.8 Å². The molecule has 0 unspecified atom stereocenters. The zero-order valence-corrected chi connectivity index (χ0v) is 11.7. The van der Waals surface area contributed by atoms with Crippen LogP contribution in [-0.2, 0) is 14.8 Å². The Morgan fingerprint density at radius 3 is 2.68 bits per heavy atom. The first-order valence-electron chi connectivity index (χ1n) is 6.15. The number of hydrogen-bond acceptors (Lipinski definition) is 4. The van der Waals surface area contributed by atoms with Gasteiger partial charge >= 0.3 is 5.97 Å². The van der Waals surface area contributed by atoms with Gasteiger partial charge in [-0.25, -0.2) is 8.42 Å². The van der Waals surface area contributed by atoms with Gasteiger partial charge in [0.25, 0.3) is 10.0 Å². The lowest BCUT2D eigenvalue weighted by Crippen LogP contribution is -2.48. The van der Waals surface area contributed by atoms with Crippen molar-refractivity contribution in [1.29, 1.82) is 0 Å². The second-order valence-corrected chi connectivity index (χ2v) is 6.63. The Balaban J connectivity index is 2.32. The van der Waals surface area contributed by atoms with Crippen LogP contribution in [0.1, 0.15) is 25.5 Å². The molecule has 1 saturated heterocycles. The molecule has 0 saturated carbocycles. The molecule has 2 atom stereocenters. The summed E-state index contributed by atoms with van der Waals surface area (Å²) in [6.07, 6.45) is 1.04. The number of carboxylic acid groups (broad SMARTS) is 1. The van der Waals surface area contributed by atoms with E-state index in [1.807, 2.05) is 0 Å². The monoisotopic (exact) mass is 287 g/mol. The van der Waals surface area contributed by atoms with E-state index in [-0.39, 0.29) is 5.09 Å². The lowest BCUT2D eigenvalue weighted by atomic mass is 9.92. The van der Waals surface area contributed by atoms with Crippen molar-refractivity contribution in [2.75, 3.05) is 6.54 Å². The summed E-state index contributed by atoms with van der Waals surface area (Å²) in [7, 11) is -3.75. The number of hydrogen-bond donors (Lipinski definition) is 1. The Bertz CT molecular complexity index is 577. The molecule has 6 nitrogen and oxygen atoms in total. The van der Waals surface area contributed by atoms with Crippen molar-refractivity contribution >= 4 is 16.0 Å². The molecule has 0 aliphatic carbocycles. The van der Waals surface area contributed by atoms with Gasteiger partial charge in [-0.05, 0) is 38.8 Å². The highest BCUT2D eigenvalue weighted by atomic mass is 32.2. The van der Waals surface area contributed by atoms with Crippen molar-refractivity contribution in [3.8, 4) is 0 Å². The summed E-state index contributed by atoms with van der Waals surface area (Å²) < 4.78 is 31.2. The molecule has 0 radical (unpaired) electrons. The highest BCUT2D eigenvalue weighted by Gasteiger charge is 2.40. The molecular formula is C12H17NO5S. The maximum atomic E-state index is 12.4. The Kier molecular flexibility index (Phi) is 3.69. The fraction of sp³-hybridized carbons (Fsp3) is 0.583. The summed E-state index contributed by atoms with van der Waals surface area (Å²) in [5.74, 6) is -1.11. The van der Waals surface area contributed by atoms with Crippen molar-refractivity contribution in [3.63, 3.8) is 0 Å². The summed E-state index contributed by atoms with van der Waals surface area (Å²) >= 11 is 0. The molecule has 1 aromatic heterocycles. The predicted octanol–water partition coefficient (Wildman–Crippen LogP) is 1.46. The first-order valence-corrected chi connectivity index (χ1v) is 7.59. The second kappa shape index (κ2) is 4.97. The van der Waals surface area contributed by atoms with E-state index < -0.39 is 28.0 Å². The van der Waals surface area contributed by atoms with Gasteiger partial charge in [-0.1, -0.05) is 0 Å². The first kappa shape index (κ1) is 14.1. The van der Waals surface area contributed by atoms with Crippen LogP contribution < -0.4 is 0 Å². The SMILES string of the molecule is Cc1ccc(S(=O)(=O)N2CCC[C@@H](C(=O)O)[C@H]2C)o1. The number of carboxylic acids is 1. The number of aliphatic carboxylic acids is 1. The van der Waals surface area contributed by atoms with Crippen LogP contribution in [0.4, 0.5) is 0 Å². The molecule has 106 valence electrons. The van der Waals surface area contributed by atoms with Crippen molar-refractivity contribution < 1.29 is 22.7 Å². The number of piperidine rings is 1. The molecule has 2 heterocycles. The minimum atomic E-state index is -3.75. The van der Waals surface area contributed by atoms with Crippen LogP contribution in [0.25, 0.3) is 0 Å². The average Bonchev–Trinajstić information content (AvgIpc) is 2.76. The molecule has 1 N–H and O–H groups in total. The van der Waals surface area contributed by atoms with Crippen LogP contribution in [0.2, 0.25) is 0 Å². The molecule has 0 bridgehead atoms.